The summed E-state index contributed by atoms with van der Waals surface area (Å²) in [4.78, 5) is 38.8. The van der Waals surface area contributed by atoms with Gasteiger partial charge >= 0.3 is 5.97 Å². The Morgan fingerprint density at radius 3 is 2.41 bits per heavy atom. The number of aryl methyl sites for hydroxylation is 1. The van der Waals surface area contributed by atoms with E-state index < -0.39 is 17.8 Å². The van der Waals surface area contributed by atoms with Crippen molar-refractivity contribution in [3.05, 3.63) is 28.2 Å². The number of fused-ring (bicyclic) bond motifs is 1. The molecule has 0 radical (unpaired) electrons. The molecule has 0 aromatic carbocycles. The number of allylic oxidation sites excluding steroid dienone is 2. The van der Waals surface area contributed by atoms with Gasteiger partial charge in [0.05, 0.1) is 17.4 Å². The predicted molar refractivity (Wildman–Crippen MR) is 112 cm³/mol. The van der Waals surface area contributed by atoms with Crippen LogP contribution < -0.4 is 10.6 Å². The molecule has 6 nitrogen and oxygen atoms in total. The first-order valence-corrected chi connectivity index (χ1v) is 11.5. The molecule has 0 unspecified atom stereocenters. The van der Waals surface area contributed by atoms with Crippen LogP contribution in [0.2, 0.25) is 0 Å². The van der Waals surface area contributed by atoms with Crippen LogP contribution in [-0.2, 0) is 22.4 Å². The van der Waals surface area contributed by atoms with Crippen LogP contribution in [0, 0.1) is 11.8 Å². The summed E-state index contributed by atoms with van der Waals surface area (Å²) in [6.45, 7) is 0. The molecule has 1 saturated carbocycles. The number of carbonyl (C=O) groups excluding carboxylic acids is 2. The molecule has 29 heavy (non-hydrogen) atoms. The number of amides is 2. The Hall–Kier alpha value is -2.15. The number of carboxylic acids is 1. The molecule has 1 aromatic heterocycles. The molecule has 1 heterocycles. The van der Waals surface area contributed by atoms with E-state index >= 15 is 0 Å². The molecule has 0 aliphatic heterocycles. The highest BCUT2D eigenvalue weighted by Gasteiger charge is 2.36. The van der Waals surface area contributed by atoms with Gasteiger partial charge in [0.2, 0.25) is 5.91 Å². The van der Waals surface area contributed by atoms with Crippen LogP contribution in [0.25, 0.3) is 0 Å². The van der Waals surface area contributed by atoms with Gasteiger partial charge in [-0.15, -0.1) is 11.3 Å². The van der Waals surface area contributed by atoms with E-state index in [1.807, 2.05) is 12.2 Å². The molecular weight excluding hydrogens is 388 g/mol. The first-order chi connectivity index (χ1) is 14.0. The second kappa shape index (κ2) is 8.69. The van der Waals surface area contributed by atoms with Crippen LogP contribution in [0.1, 0.15) is 72.2 Å². The van der Waals surface area contributed by atoms with E-state index in [1.54, 1.807) is 0 Å². The number of aliphatic carboxylic acids is 1. The zero-order chi connectivity index (χ0) is 20.4. The summed E-state index contributed by atoms with van der Waals surface area (Å²) in [5.74, 6) is -2.66. The molecule has 2 amide bonds. The van der Waals surface area contributed by atoms with Crippen molar-refractivity contribution in [2.24, 2.45) is 11.8 Å². The summed E-state index contributed by atoms with van der Waals surface area (Å²) in [7, 11) is 0. The van der Waals surface area contributed by atoms with E-state index in [0.29, 0.717) is 23.4 Å². The number of thiophene rings is 1. The average molecular weight is 417 g/mol. The molecule has 4 rings (SSSR count). The molecule has 0 spiro atoms. The van der Waals surface area contributed by atoms with Crippen LogP contribution in [0.3, 0.4) is 0 Å². The van der Waals surface area contributed by atoms with Crippen LogP contribution in [0.4, 0.5) is 5.00 Å². The van der Waals surface area contributed by atoms with Gasteiger partial charge in [0.1, 0.15) is 5.00 Å². The van der Waals surface area contributed by atoms with Gasteiger partial charge < -0.3 is 15.7 Å². The van der Waals surface area contributed by atoms with Gasteiger partial charge in [-0.05, 0) is 50.5 Å². The lowest BCUT2D eigenvalue weighted by atomic mass is 9.82. The third-order valence-corrected chi connectivity index (χ3v) is 7.62. The number of carbonyl (C=O) groups is 3. The summed E-state index contributed by atoms with van der Waals surface area (Å²) in [5.41, 5.74) is 1.68. The molecule has 3 N–H and O–H groups in total. The highest BCUT2D eigenvalue weighted by atomic mass is 32.1. The van der Waals surface area contributed by atoms with Gasteiger partial charge in [0.25, 0.3) is 5.91 Å². The zero-order valence-corrected chi connectivity index (χ0v) is 17.4. The molecule has 3 aliphatic rings. The minimum absolute atomic E-state index is 0.0927. The van der Waals surface area contributed by atoms with Crippen LogP contribution in [-0.4, -0.2) is 28.9 Å². The van der Waals surface area contributed by atoms with Crippen molar-refractivity contribution in [3.63, 3.8) is 0 Å². The normalized spacial score (nSPS) is 24.1. The fourth-order valence-corrected chi connectivity index (χ4v) is 6.11. The maximum atomic E-state index is 13.1. The Bertz CT molecular complexity index is 838. The van der Waals surface area contributed by atoms with Crippen molar-refractivity contribution < 1.29 is 19.5 Å². The standard InChI is InChI=1S/C22H28N2O4S/c25-19(14-9-4-5-10-15(14)22(27)28)24-21-18(16-11-6-12-17(16)29-21)20(26)23-13-7-2-1-3-8-13/h4-5,13-15H,1-3,6-12H2,(H,23,26)(H,24,25)(H,27,28)/t14-,15+/m0/s1. The van der Waals surface area contributed by atoms with E-state index in [2.05, 4.69) is 10.6 Å². The fraction of sp³-hybridized carbons (Fsp3) is 0.591. The van der Waals surface area contributed by atoms with Crippen molar-refractivity contribution in [1.82, 2.24) is 5.32 Å². The summed E-state index contributed by atoms with van der Waals surface area (Å²) < 4.78 is 0. The van der Waals surface area contributed by atoms with Gasteiger partial charge in [-0.1, -0.05) is 31.4 Å². The van der Waals surface area contributed by atoms with Crippen LogP contribution >= 0.6 is 11.3 Å². The van der Waals surface area contributed by atoms with E-state index in [0.717, 1.165) is 50.5 Å². The smallest absolute Gasteiger partial charge is 0.307 e. The molecule has 7 heteroatoms. The Morgan fingerprint density at radius 2 is 1.69 bits per heavy atom. The van der Waals surface area contributed by atoms with Crippen molar-refractivity contribution >= 4 is 34.1 Å². The lowest BCUT2D eigenvalue weighted by molar-refractivity contribution is -0.146. The number of carboxylic acid groups (broad SMARTS) is 1. The van der Waals surface area contributed by atoms with Crippen molar-refractivity contribution in [1.29, 1.82) is 0 Å². The third-order valence-electron chi connectivity index (χ3n) is 6.41. The van der Waals surface area contributed by atoms with Crippen molar-refractivity contribution in [2.75, 3.05) is 5.32 Å². The molecule has 156 valence electrons. The topological polar surface area (TPSA) is 95.5 Å². The van der Waals surface area contributed by atoms with Gasteiger partial charge in [-0.25, -0.2) is 0 Å². The Morgan fingerprint density at radius 1 is 0.966 bits per heavy atom. The van der Waals surface area contributed by atoms with Gasteiger partial charge in [0.15, 0.2) is 0 Å². The number of rotatable bonds is 5. The molecule has 0 saturated heterocycles. The van der Waals surface area contributed by atoms with Gasteiger partial charge in [0, 0.05) is 10.9 Å². The number of hydrogen-bond acceptors (Lipinski definition) is 4. The molecule has 2 atom stereocenters. The quantitative estimate of drug-likeness (QED) is 0.634. The van der Waals surface area contributed by atoms with Gasteiger partial charge in [-0.3, -0.25) is 14.4 Å². The minimum Gasteiger partial charge on any atom is -0.481 e. The highest BCUT2D eigenvalue weighted by molar-refractivity contribution is 7.17. The summed E-state index contributed by atoms with van der Waals surface area (Å²) in [5, 5.41) is 16.2. The highest BCUT2D eigenvalue weighted by Crippen LogP contribution is 2.40. The minimum atomic E-state index is -0.946. The molecule has 1 aromatic rings. The Balaban J connectivity index is 1.54. The van der Waals surface area contributed by atoms with E-state index in [4.69, 9.17) is 0 Å². The fourth-order valence-electron chi connectivity index (χ4n) is 4.82. The predicted octanol–water partition coefficient (Wildman–Crippen LogP) is 3.90. The molecule has 3 aliphatic carbocycles. The lowest BCUT2D eigenvalue weighted by Crippen LogP contribution is -2.37. The number of hydrogen-bond donors (Lipinski definition) is 3. The van der Waals surface area contributed by atoms with E-state index in [9.17, 15) is 19.5 Å². The van der Waals surface area contributed by atoms with Crippen LogP contribution in [0.15, 0.2) is 12.2 Å². The first kappa shape index (κ1) is 20.1. The SMILES string of the molecule is O=C(NC1CCCCC1)c1c(NC(=O)[C@H]2CC=CC[C@H]2C(=O)O)sc2c1CCC2. The zero-order valence-electron chi connectivity index (χ0n) is 16.5. The third kappa shape index (κ3) is 4.25. The second-order valence-electron chi connectivity index (χ2n) is 8.35. The van der Waals surface area contributed by atoms with Crippen molar-refractivity contribution in [2.45, 2.75) is 70.3 Å². The second-order valence-corrected chi connectivity index (χ2v) is 9.46. The van der Waals surface area contributed by atoms with Crippen molar-refractivity contribution in [3.8, 4) is 0 Å². The number of anilines is 1. The number of nitrogens with one attached hydrogen (secondary N) is 2. The van der Waals surface area contributed by atoms with Crippen LogP contribution in [0.5, 0.6) is 0 Å². The summed E-state index contributed by atoms with van der Waals surface area (Å²) in [6.07, 6.45) is 12.8. The van der Waals surface area contributed by atoms with E-state index in [-0.39, 0.29) is 17.9 Å². The summed E-state index contributed by atoms with van der Waals surface area (Å²) >= 11 is 1.48. The average Bonchev–Trinajstić information content (AvgIpc) is 3.29. The lowest BCUT2D eigenvalue weighted by Gasteiger charge is -2.25. The largest absolute Gasteiger partial charge is 0.481 e. The molecular formula is C22H28N2O4S. The van der Waals surface area contributed by atoms with E-state index in [1.165, 1.54) is 22.6 Å². The monoisotopic (exact) mass is 416 g/mol. The van der Waals surface area contributed by atoms with Gasteiger partial charge in [-0.2, -0.15) is 0 Å². The molecule has 0 bridgehead atoms. The maximum Gasteiger partial charge on any atom is 0.307 e. The Labute approximate surface area is 174 Å². The maximum absolute atomic E-state index is 13.1. The molecule has 1 fully saturated rings. The summed E-state index contributed by atoms with van der Waals surface area (Å²) in [6, 6.07) is 0.205. The first-order valence-electron chi connectivity index (χ1n) is 10.7. The Kier molecular flexibility index (Phi) is 6.04.